The summed E-state index contributed by atoms with van der Waals surface area (Å²) in [5.41, 5.74) is 6.06. The molecule has 19 heavy (non-hydrogen) atoms. The Morgan fingerprint density at radius 1 is 1.37 bits per heavy atom. The van der Waals surface area contributed by atoms with Gasteiger partial charge in [-0.3, -0.25) is 9.59 Å². The molecule has 0 aliphatic heterocycles. The molecule has 0 aliphatic rings. The maximum absolute atomic E-state index is 11.8. The summed E-state index contributed by atoms with van der Waals surface area (Å²) in [7, 11) is 0. The van der Waals surface area contributed by atoms with Crippen molar-refractivity contribution in [3.05, 3.63) is 52.4 Å². The third-order valence-electron chi connectivity index (χ3n) is 2.68. The van der Waals surface area contributed by atoms with Crippen molar-refractivity contribution in [1.82, 2.24) is 9.97 Å². The Morgan fingerprint density at radius 2 is 2.05 bits per heavy atom. The first-order chi connectivity index (χ1) is 9.08. The van der Waals surface area contributed by atoms with E-state index in [4.69, 9.17) is 10.8 Å². The van der Waals surface area contributed by atoms with Crippen LogP contribution in [0.5, 0.6) is 0 Å². The first kappa shape index (κ1) is 13.0. The van der Waals surface area contributed by atoms with Crippen LogP contribution in [-0.4, -0.2) is 27.1 Å². The Balaban J connectivity index is 2.28. The number of aromatic amines is 1. The van der Waals surface area contributed by atoms with Gasteiger partial charge in [-0.25, -0.2) is 4.98 Å². The second-order valence-corrected chi connectivity index (χ2v) is 4.10. The third-order valence-corrected chi connectivity index (χ3v) is 2.68. The maximum Gasteiger partial charge on any atom is 0.320 e. The summed E-state index contributed by atoms with van der Waals surface area (Å²) < 4.78 is 0. The number of carboxylic acid groups (broad SMARTS) is 1. The van der Waals surface area contributed by atoms with E-state index < -0.39 is 12.0 Å². The topological polar surface area (TPSA) is 109 Å². The van der Waals surface area contributed by atoms with E-state index in [0.717, 1.165) is 5.56 Å². The molecule has 0 spiro atoms. The first-order valence-corrected chi connectivity index (χ1v) is 5.70. The van der Waals surface area contributed by atoms with Crippen LogP contribution in [-0.2, 0) is 11.2 Å². The monoisotopic (exact) mass is 259 g/mol. The summed E-state index contributed by atoms with van der Waals surface area (Å²) in [6, 6.07) is 8.07. The fourth-order valence-corrected chi connectivity index (χ4v) is 1.63. The number of nitrogens with zero attached hydrogens (tertiary/aromatic N) is 1. The van der Waals surface area contributed by atoms with Gasteiger partial charge in [-0.2, -0.15) is 0 Å². The summed E-state index contributed by atoms with van der Waals surface area (Å²) in [5.74, 6) is -0.704. The van der Waals surface area contributed by atoms with E-state index in [1.54, 1.807) is 0 Å². The zero-order valence-corrected chi connectivity index (χ0v) is 10.0. The zero-order chi connectivity index (χ0) is 13.8. The lowest BCUT2D eigenvalue weighted by atomic mass is 10.1. The fraction of sp³-hybridized carbons (Fsp3) is 0.154. The van der Waals surface area contributed by atoms with E-state index >= 15 is 0 Å². The van der Waals surface area contributed by atoms with Crippen LogP contribution < -0.4 is 11.3 Å². The highest BCUT2D eigenvalue weighted by molar-refractivity contribution is 5.73. The standard InChI is InChI=1S/C13H13N3O3/c14-10(13(18)19)6-9-7-15-11(16-12(9)17)8-4-2-1-3-5-8/h1-5,7,10H,6,14H2,(H,18,19)(H,15,16,17)/t10-/m0/s1. The van der Waals surface area contributed by atoms with Gasteiger partial charge in [0.1, 0.15) is 11.9 Å². The zero-order valence-electron chi connectivity index (χ0n) is 10.0. The minimum Gasteiger partial charge on any atom is -0.480 e. The summed E-state index contributed by atoms with van der Waals surface area (Å²) >= 11 is 0. The number of aromatic nitrogens is 2. The summed E-state index contributed by atoms with van der Waals surface area (Å²) in [5, 5.41) is 8.71. The Bertz CT molecular complexity index is 637. The molecule has 2 rings (SSSR count). The van der Waals surface area contributed by atoms with Gasteiger partial charge in [-0.1, -0.05) is 30.3 Å². The number of carboxylic acids is 1. The van der Waals surface area contributed by atoms with Crippen molar-refractivity contribution in [2.45, 2.75) is 12.5 Å². The SMILES string of the molecule is N[C@@H](Cc1cnc(-c2ccccc2)[nH]c1=O)C(=O)O. The van der Waals surface area contributed by atoms with Crippen LogP contribution in [0.15, 0.2) is 41.3 Å². The molecule has 0 aliphatic carbocycles. The van der Waals surface area contributed by atoms with Gasteiger partial charge in [0.05, 0.1) is 0 Å². The molecule has 4 N–H and O–H groups in total. The van der Waals surface area contributed by atoms with Crippen molar-refractivity contribution in [3.8, 4) is 11.4 Å². The van der Waals surface area contributed by atoms with E-state index in [9.17, 15) is 9.59 Å². The number of rotatable bonds is 4. The molecule has 6 heteroatoms. The van der Waals surface area contributed by atoms with Crippen molar-refractivity contribution in [2.24, 2.45) is 5.73 Å². The third kappa shape index (κ3) is 3.05. The molecule has 0 bridgehead atoms. The van der Waals surface area contributed by atoms with E-state index in [1.165, 1.54) is 6.20 Å². The second-order valence-electron chi connectivity index (χ2n) is 4.10. The van der Waals surface area contributed by atoms with Crippen molar-refractivity contribution in [2.75, 3.05) is 0 Å². The van der Waals surface area contributed by atoms with Crippen LogP contribution in [0.3, 0.4) is 0 Å². The fourth-order valence-electron chi connectivity index (χ4n) is 1.63. The van der Waals surface area contributed by atoms with Crippen LogP contribution >= 0.6 is 0 Å². The van der Waals surface area contributed by atoms with Gasteiger partial charge < -0.3 is 15.8 Å². The summed E-state index contributed by atoms with van der Waals surface area (Å²) in [4.78, 5) is 29.2. The molecule has 1 aromatic heterocycles. The molecule has 0 unspecified atom stereocenters. The highest BCUT2D eigenvalue weighted by Gasteiger charge is 2.15. The van der Waals surface area contributed by atoms with Gasteiger partial charge in [0, 0.05) is 23.7 Å². The molecular weight excluding hydrogens is 246 g/mol. The summed E-state index contributed by atoms with van der Waals surface area (Å²) in [6.07, 6.45) is 1.32. The first-order valence-electron chi connectivity index (χ1n) is 5.70. The van der Waals surface area contributed by atoms with Crippen LogP contribution in [0.25, 0.3) is 11.4 Å². The lowest BCUT2D eigenvalue weighted by molar-refractivity contribution is -0.138. The van der Waals surface area contributed by atoms with E-state index in [-0.39, 0.29) is 17.5 Å². The molecular formula is C13H13N3O3. The number of benzene rings is 1. The van der Waals surface area contributed by atoms with Gasteiger partial charge in [0.25, 0.3) is 5.56 Å². The van der Waals surface area contributed by atoms with Crippen LogP contribution in [0.1, 0.15) is 5.56 Å². The highest BCUT2D eigenvalue weighted by Crippen LogP contribution is 2.11. The van der Waals surface area contributed by atoms with Gasteiger partial charge in [-0.15, -0.1) is 0 Å². The second kappa shape index (κ2) is 5.45. The van der Waals surface area contributed by atoms with Crippen molar-refractivity contribution in [3.63, 3.8) is 0 Å². The number of aliphatic carboxylic acids is 1. The largest absolute Gasteiger partial charge is 0.480 e. The quantitative estimate of drug-likeness (QED) is 0.736. The summed E-state index contributed by atoms with van der Waals surface area (Å²) in [6.45, 7) is 0. The van der Waals surface area contributed by atoms with Gasteiger partial charge in [-0.05, 0) is 0 Å². The Hall–Kier alpha value is -2.47. The predicted octanol–water partition coefficient (Wildman–Crippen LogP) is 0.391. The molecule has 6 nitrogen and oxygen atoms in total. The smallest absolute Gasteiger partial charge is 0.320 e. The molecule has 0 fully saturated rings. The molecule has 1 atom stereocenters. The van der Waals surface area contributed by atoms with Gasteiger partial charge >= 0.3 is 5.97 Å². The van der Waals surface area contributed by atoms with Gasteiger partial charge in [0.2, 0.25) is 0 Å². The molecule has 0 saturated heterocycles. The Morgan fingerprint density at radius 3 is 2.63 bits per heavy atom. The van der Waals surface area contributed by atoms with Gasteiger partial charge in [0.15, 0.2) is 0 Å². The predicted molar refractivity (Wildman–Crippen MR) is 69.6 cm³/mol. The lowest BCUT2D eigenvalue weighted by Crippen LogP contribution is -2.34. The number of nitrogens with two attached hydrogens (primary N) is 1. The lowest BCUT2D eigenvalue weighted by Gasteiger charge is -2.06. The molecule has 0 radical (unpaired) electrons. The molecule has 1 aromatic carbocycles. The molecule has 2 aromatic rings. The van der Waals surface area contributed by atoms with Crippen LogP contribution in [0, 0.1) is 0 Å². The van der Waals surface area contributed by atoms with E-state index in [1.807, 2.05) is 30.3 Å². The maximum atomic E-state index is 11.8. The van der Waals surface area contributed by atoms with Crippen molar-refractivity contribution in [1.29, 1.82) is 0 Å². The Labute approximate surface area is 108 Å². The van der Waals surface area contributed by atoms with Crippen molar-refractivity contribution < 1.29 is 9.90 Å². The van der Waals surface area contributed by atoms with Crippen LogP contribution in [0.2, 0.25) is 0 Å². The van der Waals surface area contributed by atoms with E-state index in [2.05, 4.69) is 9.97 Å². The molecule has 0 amide bonds. The average Bonchev–Trinajstić information content (AvgIpc) is 2.41. The van der Waals surface area contributed by atoms with E-state index in [0.29, 0.717) is 5.82 Å². The minimum absolute atomic E-state index is 0.0489. The number of carbonyl (C=O) groups is 1. The normalized spacial score (nSPS) is 12.1. The molecule has 1 heterocycles. The number of H-pyrrole nitrogens is 1. The molecule has 0 saturated carbocycles. The highest BCUT2D eigenvalue weighted by atomic mass is 16.4. The number of hydrogen-bond acceptors (Lipinski definition) is 4. The minimum atomic E-state index is -1.15. The number of hydrogen-bond donors (Lipinski definition) is 3. The number of nitrogens with one attached hydrogen (secondary N) is 1. The van der Waals surface area contributed by atoms with Crippen molar-refractivity contribution >= 4 is 5.97 Å². The Kier molecular flexibility index (Phi) is 3.72. The average molecular weight is 259 g/mol. The van der Waals surface area contributed by atoms with Crippen LogP contribution in [0.4, 0.5) is 0 Å². The molecule has 98 valence electrons.